The summed E-state index contributed by atoms with van der Waals surface area (Å²) in [6.07, 6.45) is 1.72. The molecule has 0 aliphatic rings. The van der Waals surface area contributed by atoms with Crippen LogP contribution in [-0.2, 0) is 7.05 Å². The normalized spacial score (nSPS) is 11.1. The van der Waals surface area contributed by atoms with Crippen LogP contribution in [-0.4, -0.2) is 19.7 Å². The lowest BCUT2D eigenvalue weighted by Gasteiger charge is -2.07. The molecule has 0 spiro atoms. The van der Waals surface area contributed by atoms with E-state index >= 15 is 0 Å². The van der Waals surface area contributed by atoms with E-state index in [-0.39, 0.29) is 0 Å². The summed E-state index contributed by atoms with van der Waals surface area (Å²) in [6, 6.07) is 3.67. The van der Waals surface area contributed by atoms with Gasteiger partial charge in [-0.1, -0.05) is 25.4 Å². The number of hydrogen-bond acceptors (Lipinski definition) is 3. The Hall–Kier alpha value is -1.42. The number of rotatable bonds is 2. The molecule has 2 heterocycles. The van der Waals surface area contributed by atoms with Crippen LogP contribution in [0.25, 0.3) is 11.5 Å². The van der Waals surface area contributed by atoms with Crippen molar-refractivity contribution in [2.24, 2.45) is 7.05 Å². The van der Waals surface area contributed by atoms with Gasteiger partial charge in [-0.2, -0.15) is 5.10 Å². The van der Waals surface area contributed by atoms with Gasteiger partial charge in [0.15, 0.2) is 5.82 Å². The SMILES string of the molecule is CC(C)c1cc(Cl)nc(-c2ccnn2C)n1. The highest BCUT2D eigenvalue weighted by Crippen LogP contribution is 2.21. The van der Waals surface area contributed by atoms with E-state index in [1.165, 1.54) is 0 Å². The minimum absolute atomic E-state index is 0.326. The molecule has 2 aromatic heterocycles. The first-order valence-corrected chi connectivity index (χ1v) is 5.48. The maximum absolute atomic E-state index is 5.98. The second kappa shape index (κ2) is 4.22. The van der Waals surface area contributed by atoms with Crippen LogP contribution in [0.3, 0.4) is 0 Å². The van der Waals surface area contributed by atoms with Gasteiger partial charge in [-0.15, -0.1) is 0 Å². The Kier molecular flexibility index (Phi) is 2.92. The molecule has 4 nitrogen and oxygen atoms in total. The zero-order valence-corrected chi connectivity index (χ0v) is 10.2. The molecular formula is C11H13ClN4. The summed E-state index contributed by atoms with van der Waals surface area (Å²) in [7, 11) is 1.86. The van der Waals surface area contributed by atoms with E-state index in [1.54, 1.807) is 16.9 Å². The second-order valence-electron chi connectivity index (χ2n) is 3.93. The van der Waals surface area contributed by atoms with Gasteiger partial charge < -0.3 is 0 Å². The highest BCUT2D eigenvalue weighted by atomic mass is 35.5. The Morgan fingerprint density at radius 1 is 1.31 bits per heavy atom. The summed E-state index contributed by atoms with van der Waals surface area (Å²) in [5.74, 6) is 0.948. The van der Waals surface area contributed by atoms with Crippen LogP contribution in [0.5, 0.6) is 0 Å². The molecule has 0 saturated heterocycles. The van der Waals surface area contributed by atoms with Gasteiger partial charge in [-0.05, 0) is 18.1 Å². The fourth-order valence-corrected chi connectivity index (χ4v) is 1.63. The Labute approximate surface area is 99.3 Å². The predicted octanol–water partition coefficient (Wildman–Crippen LogP) is 2.65. The van der Waals surface area contributed by atoms with Gasteiger partial charge in [-0.25, -0.2) is 9.97 Å². The smallest absolute Gasteiger partial charge is 0.179 e. The Morgan fingerprint density at radius 2 is 2.06 bits per heavy atom. The molecule has 0 saturated carbocycles. The van der Waals surface area contributed by atoms with Gasteiger partial charge in [-0.3, -0.25) is 4.68 Å². The van der Waals surface area contributed by atoms with Crippen molar-refractivity contribution in [3.8, 4) is 11.5 Å². The fourth-order valence-electron chi connectivity index (χ4n) is 1.44. The van der Waals surface area contributed by atoms with Crippen molar-refractivity contribution in [1.82, 2.24) is 19.7 Å². The van der Waals surface area contributed by atoms with Crippen LogP contribution in [0.4, 0.5) is 0 Å². The lowest BCUT2D eigenvalue weighted by Crippen LogP contribution is -2.01. The average molecular weight is 237 g/mol. The summed E-state index contributed by atoms with van der Waals surface area (Å²) in [4.78, 5) is 8.69. The van der Waals surface area contributed by atoms with Crippen molar-refractivity contribution in [3.05, 3.63) is 29.2 Å². The Balaban J connectivity index is 2.54. The monoisotopic (exact) mass is 236 g/mol. The van der Waals surface area contributed by atoms with Crippen LogP contribution >= 0.6 is 11.6 Å². The molecule has 0 fully saturated rings. The zero-order chi connectivity index (χ0) is 11.7. The Morgan fingerprint density at radius 3 is 2.62 bits per heavy atom. The molecule has 16 heavy (non-hydrogen) atoms. The topological polar surface area (TPSA) is 43.6 Å². The van der Waals surface area contributed by atoms with E-state index in [0.29, 0.717) is 16.9 Å². The molecule has 0 unspecified atom stereocenters. The summed E-state index contributed by atoms with van der Waals surface area (Å²) in [6.45, 7) is 4.15. The summed E-state index contributed by atoms with van der Waals surface area (Å²) >= 11 is 5.98. The van der Waals surface area contributed by atoms with Crippen LogP contribution in [0, 0.1) is 0 Å². The van der Waals surface area contributed by atoms with Crippen LogP contribution in [0.1, 0.15) is 25.5 Å². The second-order valence-corrected chi connectivity index (χ2v) is 4.32. The summed E-state index contributed by atoms with van der Waals surface area (Å²) < 4.78 is 1.73. The molecule has 5 heteroatoms. The highest BCUT2D eigenvalue weighted by molar-refractivity contribution is 6.29. The molecule has 0 radical (unpaired) electrons. The van der Waals surface area contributed by atoms with Crippen molar-refractivity contribution >= 4 is 11.6 Å². The van der Waals surface area contributed by atoms with Gasteiger partial charge in [0.2, 0.25) is 0 Å². The molecule has 0 atom stereocenters. The lowest BCUT2D eigenvalue weighted by molar-refractivity contribution is 0.763. The number of aryl methyl sites for hydroxylation is 1. The quantitative estimate of drug-likeness (QED) is 0.753. The third kappa shape index (κ3) is 2.07. The van der Waals surface area contributed by atoms with E-state index in [0.717, 1.165) is 11.4 Å². The molecular weight excluding hydrogens is 224 g/mol. The van der Waals surface area contributed by atoms with Gasteiger partial charge >= 0.3 is 0 Å². The highest BCUT2D eigenvalue weighted by Gasteiger charge is 2.10. The molecule has 0 amide bonds. The van der Waals surface area contributed by atoms with Crippen molar-refractivity contribution in [1.29, 1.82) is 0 Å². The number of hydrogen-bond donors (Lipinski definition) is 0. The predicted molar refractivity (Wildman–Crippen MR) is 63.3 cm³/mol. The summed E-state index contributed by atoms with van der Waals surface area (Å²) in [5.41, 5.74) is 1.81. The largest absolute Gasteiger partial charge is 0.265 e. The van der Waals surface area contributed by atoms with Gasteiger partial charge in [0.05, 0.1) is 0 Å². The van der Waals surface area contributed by atoms with Crippen molar-refractivity contribution in [2.45, 2.75) is 19.8 Å². The number of halogens is 1. The molecule has 2 rings (SSSR count). The van der Waals surface area contributed by atoms with Crippen molar-refractivity contribution < 1.29 is 0 Å². The minimum Gasteiger partial charge on any atom is -0.265 e. The van der Waals surface area contributed by atoms with E-state index in [2.05, 4.69) is 28.9 Å². The van der Waals surface area contributed by atoms with E-state index in [9.17, 15) is 0 Å². The number of aromatic nitrogens is 4. The maximum Gasteiger partial charge on any atom is 0.179 e. The average Bonchev–Trinajstić information content (AvgIpc) is 2.63. The van der Waals surface area contributed by atoms with Crippen LogP contribution in [0.15, 0.2) is 18.3 Å². The first-order valence-electron chi connectivity index (χ1n) is 5.11. The number of nitrogens with zero attached hydrogens (tertiary/aromatic N) is 4. The molecule has 84 valence electrons. The summed E-state index contributed by atoms with van der Waals surface area (Å²) in [5, 5.41) is 4.56. The molecule has 0 bridgehead atoms. The molecule has 0 aliphatic carbocycles. The first-order chi connectivity index (χ1) is 7.58. The van der Waals surface area contributed by atoms with Gasteiger partial charge in [0.1, 0.15) is 10.8 Å². The minimum atomic E-state index is 0.326. The van der Waals surface area contributed by atoms with Crippen LogP contribution < -0.4 is 0 Å². The van der Waals surface area contributed by atoms with Crippen molar-refractivity contribution in [3.63, 3.8) is 0 Å². The van der Waals surface area contributed by atoms with Crippen molar-refractivity contribution in [2.75, 3.05) is 0 Å². The standard InChI is InChI=1S/C11H13ClN4/c1-7(2)8-6-10(12)15-11(14-8)9-4-5-13-16(9)3/h4-7H,1-3H3. The third-order valence-electron chi connectivity index (χ3n) is 2.36. The van der Waals surface area contributed by atoms with E-state index in [1.807, 2.05) is 13.1 Å². The van der Waals surface area contributed by atoms with E-state index in [4.69, 9.17) is 11.6 Å². The molecule has 2 aromatic rings. The maximum atomic E-state index is 5.98. The fraction of sp³-hybridized carbons (Fsp3) is 0.364. The first kappa shape index (κ1) is 11.1. The zero-order valence-electron chi connectivity index (χ0n) is 9.48. The lowest BCUT2D eigenvalue weighted by atomic mass is 10.1. The van der Waals surface area contributed by atoms with Gasteiger partial charge in [0, 0.05) is 18.9 Å². The molecule has 0 aliphatic heterocycles. The van der Waals surface area contributed by atoms with E-state index < -0.39 is 0 Å². The molecule has 0 N–H and O–H groups in total. The Bertz CT molecular complexity index is 504. The third-order valence-corrected chi connectivity index (χ3v) is 2.55. The van der Waals surface area contributed by atoms with Gasteiger partial charge in [0.25, 0.3) is 0 Å². The molecule has 0 aromatic carbocycles. The van der Waals surface area contributed by atoms with Crippen LogP contribution in [0.2, 0.25) is 5.15 Å².